The predicted molar refractivity (Wildman–Crippen MR) is 33.2 cm³/mol. The van der Waals surface area contributed by atoms with Gasteiger partial charge in [0.25, 0.3) is 0 Å². The predicted octanol–water partition coefficient (Wildman–Crippen LogP) is 0.388. The topological polar surface area (TPSA) is 57.2 Å². The molecule has 1 aromatic rings. The molecule has 0 N–H and O–H groups in total. The Balaban J connectivity index is 0.000001000. The zero-order valence-electron chi connectivity index (χ0n) is 5.30. The van der Waals surface area contributed by atoms with Crippen molar-refractivity contribution in [3.63, 3.8) is 0 Å². The second kappa shape index (κ2) is 3.87. The molecule has 0 fully saturated rings. The second-order valence-corrected chi connectivity index (χ2v) is 3.07. The van der Waals surface area contributed by atoms with Crippen molar-refractivity contribution in [1.29, 1.82) is 0 Å². The van der Waals surface area contributed by atoms with Crippen LogP contribution >= 0.6 is 0 Å². The van der Waals surface area contributed by atoms with Crippen LogP contribution in [-0.4, -0.2) is 13.0 Å². The van der Waals surface area contributed by atoms with E-state index in [1.807, 2.05) is 0 Å². The van der Waals surface area contributed by atoms with Gasteiger partial charge >= 0.3 is 17.1 Å². The molecule has 59 valence electrons. The average Bonchev–Trinajstić information content (AvgIpc) is 1.88. The summed E-state index contributed by atoms with van der Waals surface area (Å²) >= 11 is 0. The first-order valence-corrected chi connectivity index (χ1v) is 3.93. The summed E-state index contributed by atoms with van der Waals surface area (Å²) in [5.41, 5.74) is 0. The van der Waals surface area contributed by atoms with E-state index in [2.05, 4.69) is 6.07 Å². The molecule has 0 heterocycles. The van der Waals surface area contributed by atoms with E-state index in [0.29, 0.717) is 0 Å². The van der Waals surface area contributed by atoms with Gasteiger partial charge in [-0.05, 0) is 0 Å². The van der Waals surface area contributed by atoms with Gasteiger partial charge in [-0.15, -0.1) is 0 Å². The van der Waals surface area contributed by atoms with Crippen molar-refractivity contribution in [2.75, 3.05) is 0 Å². The molecule has 0 atom stereocenters. The van der Waals surface area contributed by atoms with Gasteiger partial charge in [-0.1, -0.05) is 4.90 Å². The summed E-state index contributed by atoms with van der Waals surface area (Å²) in [7, 11) is -4.27. The Labute approximate surface area is 75.7 Å². The Bertz CT molecular complexity index is 306. The molecule has 0 aliphatic heterocycles. The Kier molecular flexibility index (Phi) is 3.75. The van der Waals surface area contributed by atoms with Crippen LogP contribution in [0, 0.1) is 6.07 Å². The minimum atomic E-state index is -4.27. The first kappa shape index (κ1) is 10.6. The molecule has 0 saturated carbocycles. The zero-order chi connectivity index (χ0) is 7.61. The number of rotatable bonds is 1. The van der Waals surface area contributed by atoms with Gasteiger partial charge in [-0.2, -0.15) is 30.3 Å². The van der Waals surface area contributed by atoms with Crippen molar-refractivity contribution in [1.82, 2.24) is 0 Å². The number of benzene rings is 1. The van der Waals surface area contributed by atoms with Gasteiger partial charge in [0.2, 0.25) is 0 Å². The van der Waals surface area contributed by atoms with Crippen LogP contribution in [0.1, 0.15) is 0 Å². The van der Waals surface area contributed by atoms with Gasteiger partial charge in [0.15, 0.2) is 0 Å². The van der Waals surface area contributed by atoms with Crippen molar-refractivity contribution in [3.8, 4) is 0 Å². The molecule has 0 unspecified atom stereocenters. The smallest absolute Gasteiger partial charge is 0.746 e. The largest absolute Gasteiger partial charge is 3.00 e. The zero-order valence-corrected chi connectivity index (χ0v) is 7.22. The van der Waals surface area contributed by atoms with Gasteiger partial charge in [0.05, 0.1) is 0 Å². The van der Waals surface area contributed by atoms with Crippen LogP contribution in [0.3, 0.4) is 0 Å². The third-order valence-electron chi connectivity index (χ3n) is 0.976. The molecule has 0 amide bonds. The van der Waals surface area contributed by atoms with E-state index >= 15 is 0 Å². The van der Waals surface area contributed by atoms with Gasteiger partial charge in [0.1, 0.15) is 10.1 Å². The van der Waals surface area contributed by atoms with Crippen molar-refractivity contribution >= 4 is 10.1 Å². The fourth-order valence-corrected chi connectivity index (χ4v) is 1.01. The van der Waals surface area contributed by atoms with Crippen molar-refractivity contribution in [3.05, 3.63) is 30.3 Å². The SMILES string of the molecule is O=S(=O)([O-])c1cc[c-]cc1.[Fe+3]. The van der Waals surface area contributed by atoms with Crippen LogP contribution in [0.2, 0.25) is 0 Å². The third-order valence-corrected chi connectivity index (χ3v) is 1.83. The first-order chi connectivity index (χ1) is 4.61. The average molecular weight is 212 g/mol. The number of hydrogen-bond donors (Lipinski definition) is 0. The van der Waals surface area contributed by atoms with E-state index in [-0.39, 0.29) is 22.0 Å². The minimum absolute atomic E-state index is 0. The molecule has 1 aromatic carbocycles. The molecule has 0 saturated heterocycles. The molecule has 1 rings (SSSR count). The summed E-state index contributed by atoms with van der Waals surface area (Å²) in [5.74, 6) is 0. The Morgan fingerprint density at radius 3 is 2.00 bits per heavy atom. The summed E-state index contributed by atoms with van der Waals surface area (Å²) in [6.45, 7) is 0. The third kappa shape index (κ3) is 3.03. The Morgan fingerprint density at radius 2 is 1.73 bits per heavy atom. The summed E-state index contributed by atoms with van der Waals surface area (Å²) in [5, 5.41) is 0. The van der Waals surface area contributed by atoms with Gasteiger partial charge < -0.3 is 4.55 Å². The minimum Gasteiger partial charge on any atom is -0.746 e. The van der Waals surface area contributed by atoms with E-state index < -0.39 is 10.1 Å². The fraction of sp³-hybridized carbons (Fsp3) is 0. The maximum Gasteiger partial charge on any atom is 3.00 e. The Hall–Kier alpha value is -0.351. The first-order valence-electron chi connectivity index (χ1n) is 2.53. The van der Waals surface area contributed by atoms with Crippen molar-refractivity contribution in [2.24, 2.45) is 0 Å². The summed E-state index contributed by atoms with van der Waals surface area (Å²) in [6, 6.07) is 7.78. The van der Waals surface area contributed by atoms with Crippen LogP contribution in [0.15, 0.2) is 29.2 Å². The number of hydrogen-bond acceptors (Lipinski definition) is 3. The van der Waals surface area contributed by atoms with E-state index in [4.69, 9.17) is 0 Å². The van der Waals surface area contributed by atoms with Crippen LogP contribution < -0.4 is 0 Å². The molecule has 0 aliphatic rings. The van der Waals surface area contributed by atoms with E-state index in [1.54, 1.807) is 0 Å². The van der Waals surface area contributed by atoms with Crippen molar-refractivity contribution < 1.29 is 30.0 Å². The summed E-state index contributed by atoms with van der Waals surface area (Å²) in [4.78, 5) is -0.216. The van der Waals surface area contributed by atoms with Gasteiger partial charge in [0, 0.05) is 0 Å². The molecular formula is C6H4FeO3S+. The maximum atomic E-state index is 10.3. The van der Waals surface area contributed by atoms with Gasteiger partial charge in [-0.3, -0.25) is 0 Å². The molecular weight excluding hydrogens is 208 g/mol. The molecule has 0 spiro atoms. The second-order valence-electron chi connectivity index (χ2n) is 1.69. The van der Waals surface area contributed by atoms with E-state index in [9.17, 15) is 13.0 Å². The summed E-state index contributed by atoms with van der Waals surface area (Å²) in [6.07, 6.45) is 0. The fourth-order valence-electron chi connectivity index (χ4n) is 0.538. The van der Waals surface area contributed by atoms with Crippen LogP contribution in [0.25, 0.3) is 0 Å². The molecule has 0 bridgehead atoms. The standard InChI is InChI=1S/C6H5O3S.Fe/c7-10(8,9)6-4-2-1-3-5-6;/h2-5H,(H,7,8,9);/q-1;+3/p-1. The molecule has 11 heavy (non-hydrogen) atoms. The Morgan fingerprint density at radius 1 is 1.27 bits per heavy atom. The van der Waals surface area contributed by atoms with Crippen LogP contribution in [-0.2, 0) is 27.2 Å². The van der Waals surface area contributed by atoms with Crippen LogP contribution in [0.5, 0.6) is 0 Å². The maximum absolute atomic E-state index is 10.3. The molecule has 0 aliphatic carbocycles. The molecule has 3 nitrogen and oxygen atoms in total. The van der Waals surface area contributed by atoms with Crippen molar-refractivity contribution in [2.45, 2.75) is 4.90 Å². The molecule has 5 heteroatoms. The molecule has 0 aromatic heterocycles. The van der Waals surface area contributed by atoms with E-state index in [1.165, 1.54) is 24.3 Å². The normalized spacial score (nSPS) is 10.3. The van der Waals surface area contributed by atoms with E-state index in [0.717, 1.165) is 0 Å². The molecule has 1 radical (unpaired) electrons. The summed E-state index contributed by atoms with van der Waals surface area (Å²) < 4.78 is 30.8. The monoisotopic (exact) mass is 212 g/mol. The van der Waals surface area contributed by atoms with Gasteiger partial charge in [-0.25, -0.2) is 8.42 Å². The quantitative estimate of drug-likeness (QED) is 0.384. The van der Waals surface area contributed by atoms with Crippen LogP contribution in [0.4, 0.5) is 0 Å².